The Hall–Kier alpha value is -2.05. The zero-order valence-corrected chi connectivity index (χ0v) is 11.1. The highest BCUT2D eigenvalue weighted by molar-refractivity contribution is 5.48. The van der Waals surface area contributed by atoms with E-state index in [1.807, 2.05) is 24.4 Å². The Kier molecular flexibility index (Phi) is 3.85. The van der Waals surface area contributed by atoms with E-state index < -0.39 is 0 Å². The molecule has 3 rings (SSSR count). The van der Waals surface area contributed by atoms with Crippen molar-refractivity contribution in [3.63, 3.8) is 0 Å². The third kappa shape index (κ3) is 2.76. The number of aliphatic hydroxyl groups excluding tert-OH is 1. The molecule has 0 amide bonds. The number of hydrogen-bond donors (Lipinski definition) is 2. The van der Waals surface area contributed by atoms with Crippen molar-refractivity contribution in [2.24, 2.45) is 0 Å². The summed E-state index contributed by atoms with van der Waals surface area (Å²) in [5.41, 5.74) is 2.17. The van der Waals surface area contributed by atoms with E-state index in [-0.39, 0.29) is 6.61 Å². The molecule has 2 heterocycles. The van der Waals surface area contributed by atoms with Crippen LogP contribution in [0.5, 0.6) is 11.5 Å². The van der Waals surface area contributed by atoms with Gasteiger partial charge in [0.15, 0.2) is 11.5 Å². The second-order valence-corrected chi connectivity index (χ2v) is 4.59. The van der Waals surface area contributed by atoms with Crippen molar-refractivity contribution < 1.29 is 14.6 Å². The Balaban J connectivity index is 1.56. The molecule has 1 aromatic carbocycles. The van der Waals surface area contributed by atoms with Gasteiger partial charge in [-0.15, -0.1) is 0 Å². The molecular formula is C14H17N3O3. The lowest BCUT2D eigenvalue weighted by Crippen LogP contribution is -2.12. The lowest BCUT2D eigenvalue weighted by molar-refractivity contribution is 0.173. The summed E-state index contributed by atoms with van der Waals surface area (Å²) in [7, 11) is 0. The third-order valence-corrected chi connectivity index (χ3v) is 3.14. The first-order chi connectivity index (χ1) is 9.86. The minimum Gasteiger partial charge on any atom is -0.454 e. The van der Waals surface area contributed by atoms with E-state index in [1.54, 1.807) is 10.9 Å². The highest BCUT2D eigenvalue weighted by atomic mass is 16.7. The molecule has 6 nitrogen and oxygen atoms in total. The van der Waals surface area contributed by atoms with Crippen LogP contribution in [0.3, 0.4) is 0 Å². The summed E-state index contributed by atoms with van der Waals surface area (Å²) in [6, 6.07) is 5.89. The number of nitrogens with zero attached hydrogens (tertiary/aromatic N) is 2. The molecular weight excluding hydrogens is 258 g/mol. The normalized spacial score (nSPS) is 12.8. The molecule has 0 spiro atoms. The molecule has 2 N–H and O–H groups in total. The van der Waals surface area contributed by atoms with Gasteiger partial charge in [-0.2, -0.15) is 5.10 Å². The second-order valence-electron chi connectivity index (χ2n) is 4.59. The van der Waals surface area contributed by atoms with Crippen LogP contribution in [0.15, 0.2) is 30.6 Å². The van der Waals surface area contributed by atoms with Crippen molar-refractivity contribution in [3.8, 4) is 11.5 Å². The maximum absolute atomic E-state index is 8.84. The van der Waals surface area contributed by atoms with E-state index in [9.17, 15) is 0 Å². The second kappa shape index (κ2) is 5.94. The van der Waals surface area contributed by atoms with Gasteiger partial charge in [0.2, 0.25) is 6.79 Å². The van der Waals surface area contributed by atoms with Gasteiger partial charge in [-0.05, 0) is 6.07 Å². The molecule has 0 radical (unpaired) electrons. The molecule has 0 bridgehead atoms. The number of benzene rings is 1. The molecule has 0 fully saturated rings. The quantitative estimate of drug-likeness (QED) is 0.819. The fourth-order valence-electron chi connectivity index (χ4n) is 2.19. The number of rotatable bonds is 6. The molecule has 0 saturated carbocycles. The molecule has 1 aromatic heterocycles. The van der Waals surface area contributed by atoms with Crippen molar-refractivity contribution in [2.45, 2.75) is 19.6 Å². The number of hydrogen-bond acceptors (Lipinski definition) is 5. The fraction of sp³-hybridized carbons (Fsp3) is 0.357. The van der Waals surface area contributed by atoms with Crippen LogP contribution in [-0.4, -0.2) is 28.3 Å². The maximum Gasteiger partial charge on any atom is 0.231 e. The van der Waals surface area contributed by atoms with Crippen LogP contribution in [0.2, 0.25) is 0 Å². The Morgan fingerprint density at radius 1 is 1.30 bits per heavy atom. The maximum atomic E-state index is 8.84. The van der Waals surface area contributed by atoms with Crippen molar-refractivity contribution in [1.29, 1.82) is 0 Å². The summed E-state index contributed by atoms with van der Waals surface area (Å²) in [4.78, 5) is 0. The fourth-order valence-corrected chi connectivity index (χ4v) is 2.19. The SMILES string of the molecule is OCCn1cc(CNCc2cccc3c2OCO3)cn1. The van der Waals surface area contributed by atoms with Crippen LogP contribution in [0.1, 0.15) is 11.1 Å². The van der Waals surface area contributed by atoms with E-state index in [4.69, 9.17) is 14.6 Å². The summed E-state index contributed by atoms with van der Waals surface area (Å²) in [5, 5.41) is 16.4. The van der Waals surface area contributed by atoms with E-state index in [1.165, 1.54) is 0 Å². The summed E-state index contributed by atoms with van der Waals surface area (Å²) in [6.45, 7) is 2.34. The number of ether oxygens (including phenoxy) is 2. The van der Waals surface area contributed by atoms with Gasteiger partial charge in [0.1, 0.15) is 0 Å². The van der Waals surface area contributed by atoms with Crippen LogP contribution < -0.4 is 14.8 Å². The number of aromatic nitrogens is 2. The van der Waals surface area contributed by atoms with Crippen molar-refractivity contribution in [1.82, 2.24) is 15.1 Å². The monoisotopic (exact) mass is 275 g/mol. The van der Waals surface area contributed by atoms with Gasteiger partial charge in [0.05, 0.1) is 19.3 Å². The average molecular weight is 275 g/mol. The van der Waals surface area contributed by atoms with Gasteiger partial charge in [0, 0.05) is 30.4 Å². The molecule has 1 aliphatic heterocycles. The first kappa shape index (κ1) is 13.0. The summed E-state index contributed by atoms with van der Waals surface area (Å²) >= 11 is 0. The number of aliphatic hydroxyl groups is 1. The molecule has 6 heteroatoms. The Morgan fingerprint density at radius 2 is 2.25 bits per heavy atom. The molecule has 106 valence electrons. The molecule has 0 aliphatic carbocycles. The summed E-state index contributed by atoms with van der Waals surface area (Å²) in [6.07, 6.45) is 3.73. The van der Waals surface area contributed by atoms with E-state index in [0.717, 1.165) is 29.2 Å². The average Bonchev–Trinajstić information content (AvgIpc) is 3.08. The lowest BCUT2D eigenvalue weighted by atomic mass is 10.2. The number of fused-ring (bicyclic) bond motifs is 1. The summed E-state index contributed by atoms with van der Waals surface area (Å²) in [5.74, 6) is 1.64. The molecule has 20 heavy (non-hydrogen) atoms. The van der Waals surface area contributed by atoms with Gasteiger partial charge in [-0.1, -0.05) is 12.1 Å². The van der Waals surface area contributed by atoms with Crippen LogP contribution in [0.25, 0.3) is 0 Å². The Morgan fingerprint density at radius 3 is 3.15 bits per heavy atom. The van der Waals surface area contributed by atoms with Gasteiger partial charge in [-0.3, -0.25) is 4.68 Å². The van der Waals surface area contributed by atoms with Gasteiger partial charge < -0.3 is 19.9 Å². The van der Waals surface area contributed by atoms with E-state index in [2.05, 4.69) is 10.4 Å². The first-order valence-corrected chi connectivity index (χ1v) is 6.57. The zero-order chi connectivity index (χ0) is 13.8. The largest absolute Gasteiger partial charge is 0.454 e. The van der Waals surface area contributed by atoms with Crippen LogP contribution >= 0.6 is 0 Å². The predicted molar refractivity (Wildman–Crippen MR) is 72.4 cm³/mol. The van der Waals surface area contributed by atoms with Gasteiger partial charge in [-0.25, -0.2) is 0 Å². The van der Waals surface area contributed by atoms with Crippen LogP contribution in [0.4, 0.5) is 0 Å². The molecule has 1 aliphatic rings. The minimum atomic E-state index is 0.0992. The van der Waals surface area contributed by atoms with Crippen molar-refractivity contribution >= 4 is 0 Å². The van der Waals surface area contributed by atoms with Gasteiger partial charge >= 0.3 is 0 Å². The van der Waals surface area contributed by atoms with Crippen molar-refractivity contribution in [2.75, 3.05) is 13.4 Å². The van der Waals surface area contributed by atoms with E-state index in [0.29, 0.717) is 19.9 Å². The topological polar surface area (TPSA) is 68.5 Å². The van der Waals surface area contributed by atoms with Crippen molar-refractivity contribution in [3.05, 3.63) is 41.7 Å². The first-order valence-electron chi connectivity index (χ1n) is 6.57. The minimum absolute atomic E-state index is 0.0992. The standard InChI is InChI=1S/C14H17N3O3/c18-5-4-17-9-11(7-16-17)6-15-8-12-2-1-3-13-14(12)20-10-19-13/h1-3,7,9,15,18H,4-6,8,10H2. The smallest absolute Gasteiger partial charge is 0.231 e. The number of para-hydroxylation sites is 1. The highest BCUT2D eigenvalue weighted by Gasteiger charge is 2.16. The number of nitrogens with one attached hydrogen (secondary N) is 1. The van der Waals surface area contributed by atoms with Crippen LogP contribution in [-0.2, 0) is 19.6 Å². The summed E-state index contributed by atoms with van der Waals surface area (Å²) < 4.78 is 12.5. The molecule has 0 saturated heterocycles. The molecule has 0 atom stereocenters. The highest BCUT2D eigenvalue weighted by Crippen LogP contribution is 2.35. The Labute approximate surface area is 116 Å². The van der Waals surface area contributed by atoms with E-state index >= 15 is 0 Å². The van der Waals surface area contributed by atoms with Gasteiger partial charge in [0.25, 0.3) is 0 Å². The molecule has 2 aromatic rings. The zero-order valence-electron chi connectivity index (χ0n) is 11.1. The third-order valence-electron chi connectivity index (χ3n) is 3.14. The molecule has 0 unspecified atom stereocenters. The van der Waals surface area contributed by atoms with Crippen LogP contribution in [0, 0.1) is 0 Å². The Bertz CT molecular complexity index is 583. The predicted octanol–water partition coefficient (Wildman–Crippen LogP) is 0.894. The lowest BCUT2D eigenvalue weighted by Gasteiger charge is -2.06.